The van der Waals surface area contributed by atoms with Gasteiger partial charge in [0.2, 0.25) is 0 Å². The molecule has 0 aliphatic carbocycles. The summed E-state index contributed by atoms with van der Waals surface area (Å²) >= 11 is 1.53. The number of hydrogen-bond donors (Lipinski definition) is 0. The summed E-state index contributed by atoms with van der Waals surface area (Å²) in [7, 11) is 1.65. The average Bonchev–Trinajstić information content (AvgIpc) is 3.38. The van der Waals surface area contributed by atoms with Crippen LogP contribution in [0.25, 0.3) is 0 Å². The molecule has 0 atom stereocenters. The molecule has 0 bridgehead atoms. The highest BCUT2D eigenvalue weighted by atomic mass is 32.1. The summed E-state index contributed by atoms with van der Waals surface area (Å²) in [5.74, 6) is 0.991. The fourth-order valence-electron chi connectivity index (χ4n) is 2.55. The minimum atomic E-state index is -0.147. The Morgan fingerprint density at radius 3 is 2.81 bits per heavy atom. The second-order valence-electron chi connectivity index (χ2n) is 5.88. The number of nitrogens with zero attached hydrogens (tertiary/aromatic N) is 2. The van der Waals surface area contributed by atoms with E-state index in [1.54, 1.807) is 24.1 Å². The first kappa shape index (κ1) is 19.1. The molecule has 0 aliphatic heterocycles. The SMILES string of the molecule is COCCCN(Cc1csc(COc2ccccc2)n1)C(=O)c1ccco1. The summed E-state index contributed by atoms with van der Waals surface area (Å²) in [5, 5.41) is 2.83. The van der Waals surface area contributed by atoms with Crippen molar-refractivity contribution in [2.45, 2.75) is 19.6 Å². The Hall–Kier alpha value is -2.64. The van der Waals surface area contributed by atoms with Crippen molar-refractivity contribution in [1.82, 2.24) is 9.88 Å². The molecule has 3 aromatic rings. The Morgan fingerprint density at radius 2 is 2.07 bits per heavy atom. The van der Waals surface area contributed by atoms with E-state index in [-0.39, 0.29) is 5.91 Å². The van der Waals surface area contributed by atoms with Crippen molar-refractivity contribution in [3.8, 4) is 5.75 Å². The van der Waals surface area contributed by atoms with E-state index in [0.717, 1.165) is 22.9 Å². The average molecular weight is 386 g/mol. The van der Waals surface area contributed by atoms with Gasteiger partial charge in [-0.05, 0) is 30.7 Å². The topological polar surface area (TPSA) is 64.8 Å². The lowest BCUT2D eigenvalue weighted by Crippen LogP contribution is -2.32. The van der Waals surface area contributed by atoms with E-state index in [1.165, 1.54) is 17.6 Å². The fourth-order valence-corrected chi connectivity index (χ4v) is 3.25. The van der Waals surface area contributed by atoms with E-state index in [4.69, 9.17) is 13.9 Å². The standard InChI is InChI=1S/C20H22N2O4S/c1-24-11-6-10-22(20(23)18-9-5-12-25-18)13-16-15-27-19(21-16)14-26-17-7-3-2-4-8-17/h2-5,7-9,12,15H,6,10-11,13-14H2,1H3. The maximum absolute atomic E-state index is 12.7. The zero-order chi connectivity index (χ0) is 18.9. The Balaban J connectivity index is 1.61. The lowest BCUT2D eigenvalue weighted by atomic mass is 10.3. The van der Waals surface area contributed by atoms with Crippen LogP contribution >= 0.6 is 11.3 Å². The first-order valence-electron chi connectivity index (χ1n) is 8.69. The molecule has 0 fully saturated rings. The number of carbonyl (C=O) groups is 1. The number of thiazole rings is 1. The molecule has 0 N–H and O–H groups in total. The summed E-state index contributed by atoms with van der Waals surface area (Å²) in [5.41, 5.74) is 0.837. The molecule has 0 radical (unpaired) electrons. The first-order chi connectivity index (χ1) is 13.3. The number of furan rings is 1. The van der Waals surface area contributed by atoms with E-state index < -0.39 is 0 Å². The number of amides is 1. The van der Waals surface area contributed by atoms with Crippen molar-refractivity contribution in [1.29, 1.82) is 0 Å². The van der Waals surface area contributed by atoms with Gasteiger partial charge in [0.15, 0.2) is 5.76 Å². The molecule has 1 amide bonds. The highest BCUT2D eigenvalue weighted by Gasteiger charge is 2.19. The first-order valence-corrected chi connectivity index (χ1v) is 9.57. The zero-order valence-corrected chi connectivity index (χ0v) is 16.0. The molecule has 27 heavy (non-hydrogen) atoms. The van der Waals surface area contributed by atoms with Crippen molar-refractivity contribution >= 4 is 17.2 Å². The van der Waals surface area contributed by atoms with Crippen molar-refractivity contribution in [3.63, 3.8) is 0 Å². The van der Waals surface area contributed by atoms with Gasteiger partial charge < -0.3 is 18.8 Å². The molecular weight excluding hydrogens is 364 g/mol. The van der Waals surface area contributed by atoms with Crippen molar-refractivity contribution in [2.24, 2.45) is 0 Å². The van der Waals surface area contributed by atoms with Gasteiger partial charge in [-0.1, -0.05) is 18.2 Å². The number of rotatable bonds is 10. The summed E-state index contributed by atoms with van der Waals surface area (Å²) in [6, 6.07) is 13.0. The van der Waals surface area contributed by atoms with Crippen molar-refractivity contribution in [3.05, 3.63) is 70.6 Å². The van der Waals surface area contributed by atoms with Crippen molar-refractivity contribution in [2.75, 3.05) is 20.3 Å². The zero-order valence-electron chi connectivity index (χ0n) is 15.2. The Morgan fingerprint density at radius 1 is 1.22 bits per heavy atom. The molecule has 0 aliphatic rings. The number of benzene rings is 1. The molecular formula is C20H22N2O4S. The van der Waals surface area contributed by atoms with Crippen LogP contribution < -0.4 is 4.74 Å². The highest BCUT2D eigenvalue weighted by molar-refractivity contribution is 7.09. The minimum Gasteiger partial charge on any atom is -0.486 e. The Labute approximate surface area is 162 Å². The third-order valence-electron chi connectivity index (χ3n) is 3.85. The quantitative estimate of drug-likeness (QED) is 0.493. The van der Waals surface area contributed by atoms with Crippen LogP contribution in [0.15, 0.2) is 58.5 Å². The molecule has 0 spiro atoms. The van der Waals surface area contributed by atoms with Gasteiger partial charge in [0.1, 0.15) is 17.4 Å². The summed E-state index contributed by atoms with van der Waals surface area (Å²) in [4.78, 5) is 19.0. The maximum atomic E-state index is 12.7. The molecule has 7 heteroatoms. The molecule has 0 saturated carbocycles. The summed E-state index contributed by atoms with van der Waals surface area (Å²) in [6.45, 7) is 1.99. The van der Waals surface area contributed by atoms with Gasteiger partial charge in [-0.15, -0.1) is 11.3 Å². The maximum Gasteiger partial charge on any atom is 0.289 e. The number of para-hydroxylation sites is 1. The predicted molar refractivity (Wildman–Crippen MR) is 103 cm³/mol. The van der Waals surface area contributed by atoms with E-state index >= 15 is 0 Å². The van der Waals surface area contributed by atoms with Gasteiger partial charge in [-0.25, -0.2) is 4.98 Å². The van der Waals surface area contributed by atoms with Gasteiger partial charge in [-0.3, -0.25) is 4.79 Å². The van der Waals surface area contributed by atoms with Crippen LogP contribution in [0.3, 0.4) is 0 Å². The van der Waals surface area contributed by atoms with Crippen LogP contribution in [-0.4, -0.2) is 36.1 Å². The number of carbonyl (C=O) groups excluding carboxylic acids is 1. The second kappa shape index (κ2) is 9.89. The molecule has 6 nitrogen and oxygen atoms in total. The minimum absolute atomic E-state index is 0.147. The largest absolute Gasteiger partial charge is 0.486 e. The van der Waals surface area contributed by atoms with E-state index in [2.05, 4.69) is 4.98 Å². The predicted octanol–water partition coefficient (Wildman–Crippen LogP) is 3.99. The Kier molecular flexibility index (Phi) is 7.01. The van der Waals surface area contributed by atoms with Crippen molar-refractivity contribution < 1.29 is 18.7 Å². The number of ether oxygens (including phenoxy) is 2. The fraction of sp³-hybridized carbons (Fsp3) is 0.300. The van der Waals surface area contributed by atoms with Gasteiger partial charge in [-0.2, -0.15) is 0 Å². The van der Waals surface area contributed by atoms with E-state index in [1.807, 2.05) is 35.7 Å². The van der Waals surface area contributed by atoms with Crippen LogP contribution in [0, 0.1) is 0 Å². The summed E-state index contributed by atoms with van der Waals surface area (Å²) < 4.78 is 16.1. The third kappa shape index (κ3) is 5.67. The lowest BCUT2D eigenvalue weighted by Gasteiger charge is -2.20. The van der Waals surface area contributed by atoms with Crippen LogP contribution in [-0.2, 0) is 17.9 Å². The van der Waals surface area contributed by atoms with Gasteiger partial charge in [0.05, 0.1) is 18.5 Å². The molecule has 1 aromatic carbocycles. The molecule has 2 heterocycles. The third-order valence-corrected chi connectivity index (χ3v) is 4.72. The van der Waals surface area contributed by atoms with Gasteiger partial charge in [0, 0.05) is 25.6 Å². The van der Waals surface area contributed by atoms with Crippen LogP contribution in [0.4, 0.5) is 0 Å². The normalized spacial score (nSPS) is 10.7. The smallest absolute Gasteiger partial charge is 0.289 e. The molecule has 0 unspecified atom stereocenters. The van der Waals surface area contributed by atoms with Gasteiger partial charge >= 0.3 is 0 Å². The second-order valence-corrected chi connectivity index (χ2v) is 6.83. The monoisotopic (exact) mass is 386 g/mol. The number of aromatic nitrogens is 1. The molecule has 142 valence electrons. The number of hydrogen-bond acceptors (Lipinski definition) is 6. The van der Waals surface area contributed by atoms with E-state index in [9.17, 15) is 4.79 Å². The summed E-state index contributed by atoms with van der Waals surface area (Å²) in [6.07, 6.45) is 2.25. The number of methoxy groups -OCH3 is 1. The molecule has 3 rings (SSSR count). The van der Waals surface area contributed by atoms with Gasteiger partial charge in [0.25, 0.3) is 5.91 Å². The van der Waals surface area contributed by atoms with Crippen LogP contribution in [0.5, 0.6) is 5.75 Å². The van der Waals surface area contributed by atoms with E-state index in [0.29, 0.717) is 32.1 Å². The Bertz CT molecular complexity index is 818. The highest BCUT2D eigenvalue weighted by Crippen LogP contribution is 2.17. The molecule has 2 aromatic heterocycles. The van der Waals surface area contributed by atoms with Crippen LogP contribution in [0.1, 0.15) is 27.7 Å². The lowest BCUT2D eigenvalue weighted by molar-refractivity contribution is 0.0689. The van der Waals surface area contributed by atoms with Crippen LogP contribution in [0.2, 0.25) is 0 Å². The molecule has 0 saturated heterocycles.